The average molecular weight is 430 g/mol. The first kappa shape index (κ1) is 20.5. The first-order chi connectivity index (χ1) is 13.2. The monoisotopic (exact) mass is 429 g/mol. The number of rotatable bonds is 6. The molecule has 2 aromatic rings. The average Bonchev–Trinajstić information content (AvgIpc) is 3.15. The molecule has 2 aromatic carbocycles. The standard InChI is InChI=1S/C19H18ClF2NO4S/c20-13-3-9-16(10-4-13)28(25,26)19(11-1-2-12-19)17(24)23-14-5-7-15(8-6-14)27-18(21)22/h3-10,18H,1-2,11-12H2,(H,23,24). The summed E-state index contributed by atoms with van der Waals surface area (Å²) >= 11 is 5.84. The Morgan fingerprint density at radius 1 is 1.04 bits per heavy atom. The third-order valence-corrected chi connectivity index (χ3v) is 7.57. The Morgan fingerprint density at radius 2 is 1.61 bits per heavy atom. The van der Waals surface area contributed by atoms with Crippen molar-refractivity contribution in [2.24, 2.45) is 0 Å². The van der Waals surface area contributed by atoms with Crippen molar-refractivity contribution in [2.75, 3.05) is 5.32 Å². The predicted octanol–water partition coefficient (Wildman–Crippen LogP) is 4.67. The molecular formula is C19H18ClF2NO4S. The molecule has 5 nitrogen and oxygen atoms in total. The Labute approximate surface area is 166 Å². The molecule has 0 spiro atoms. The molecule has 3 rings (SSSR count). The number of nitrogens with one attached hydrogen (secondary N) is 1. The summed E-state index contributed by atoms with van der Waals surface area (Å²) in [5, 5.41) is 3.00. The summed E-state index contributed by atoms with van der Waals surface area (Å²) in [5.41, 5.74) is 0.296. The molecule has 0 aliphatic heterocycles. The van der Waals surface area contributed by atoms with E-state index in [4.69, 9.17) is 11.6 Å². The minimum absolute atomic E-state index is 0.0367. The van der Waals surface area contributed by atoms with Gasteiger partial charge in [-0.05, 0) is 61.4 Å². The molecule has 28 heavy (non-hydrogen) atoms. The van der Waals surface area contributed by atoms with Crippen LogP contribution < -0.4 is 10.1 Å². The van der Waals surface area contributed by atoms with Crippen LogP contribution in [0.15, 0.2) is 53.4 Å². The topological polar surface area (TPSA) is 72.5 Å². The largest absolute Gasteiger partial charge is 0.435 e. The number of ether oxygens (including phenoxy) is 1. The Morgan fingerprint density at radius 3 is 2.14 bits per heavy atom. The Hall–Kier alpha value is -2.19. The van der Waals surface area contributed by atoms with Gasteiger partial charge >= 0.3 is 6.61 Å². The SMILES string of the molecule is O=C(Nc1ccc(OC(F)F)cc1)C1(S(=O)(=O)c2ccc(Cl)cc2)CCCC1. The van der Waals surface area contributed by atoms with Crippen molar-refractivity contribution in [3.63, 3.8) is 0 Å². The molecule has 0 atom stereocenters. The van der Waals surface area contributed by atoms with Crippen LogP contribution >= 0.6 is 11.6 Å². The van der Waals surface area contributed by atoms with Crippen molar-refractivity contribution < 1.29 is 26.7 Å². The van der Waals surface area contributed by atoms with Crippen LogP contribution in [0.4, 0.5) is 14.5 Å². The summed E-state index contributed by atoms with van der Waals surface area (Å²) < 4.78 is 53.7. The number of anilines is 1. The van der Waals surface area contributed by atoms with Gasteiger partial charge in [0.15, 0.2) is 14.6 Å². The van der Waals surface area contributed by atoms with Crippen LogP contribution in [-0.2, 0) is 14.6 Å². The summed E-state index contributed by atoms with van der Waals surface area (Å²) in [4.78, 5) is 13.1. The van der Waals surface area contributed by atoms with E-state index in [1.54, 1.807) is 0 Å². The van der Waals surface area contributed by atoms with Gasteiger partial charge in [-0.3, -0.25) is 4.79 Å². The van der Waals surface area contributed by atoms with Crippen molar-refractivity contribution in [3.05, 3.63) is 53.6 Å². The van der Waals surface area contributed by atoms with Crippen LogP contribution in [0.1, 0.15) is 25.7 Å². The zero-order valence-corrected chi connectivity index (χ0v) is 16.3. The molecule has 0 aromatic heterocycles. The number of carbonyl (C=O) groups is 1. The Bertz CT molecular complexity index is 941. The molecule has 0 saturated heterocycles. The molecule has 0 unspecified atom stereocenters. The quantitative estimate of drug-likeness (QED) is 0.724. The fourth-order valence-corrected chi connectivity index (χ4v) is 5.56. The second-order valence-corrected chi connectivity index (χ2v) is 9.21. The van der Waals surface area contributed by atoms with Gasteiger partial charge in [0, 0.05) is 10.7 Å². The number of hydrogen-bond acceptors (Lipinski definition) is 4. The molecule has 1 fully saturated rings. The molecule has 1 aliphatic rings. The molecule has 0 bridgehead atoms. The highest BCUT2D eigenvalue weighted by Crippen LogP contribution is 2.41. The first-order valence-corrected chi connectivity index (χ1v) is 10.5. The second-order valence-electron chi connectivity index (χ2n) is 6.52. The maximum absolute atomic E-state index is 13.3. The van der Waals surface area contributed by atoms with Gasteiger partial charge in [0.25, 0.3) is 0 Å². The number of benzene rings is 2. The third kappa shape index (κ3) is 3.98. The highest BCUT2D eigenvalue weighted by atomic mass is 35.5. The lowest BCUT2D eigenvalue weighted by atomic mass is 10.1. The van der Waals surface area contributed by atoms with Gasteiger partial charge in [0.1, 0.15) is 5.75 Å². The fraction of sp³-hybridized carbons (Fsp3) is 0.316. The molecule has 1 saturated carbocycles. The van der Waals surface area contributed by atoms with Crippen LogP contribution in [0.5, 0.6) is 5.75 Å². The minimum Gasteiger partial charge on any atom is -0.435 e. The van der Waals surface area contributed by atoms with Crippen LogP contribution in [0.25, 0.3) is 0 Å². The van der Waals surface area contributed by atoms with E-state index in [-0.39, 0.29) is 23.5 Å². The summed E-state index contributed by atoms with van der Waals surface area (Å²) in [6.07, 6.45) is 1.63. The van der Waals surface area contributed by atoms with Gasteiger partial charge in [0.05, 0.1) is 4.90 Å². The second kappa shape index (κ2) is 8.05. The zero-order valence-electron chi connectivity index (χ0n) is 14.7. The van der Waals surface area contributed by atoms with E-state index in [2.05, 4.69) is 10.1 Å². The van der Waals surface area contributed by atoms with E-state index in [0.29, 0.717) is 23.6 Å². The number of alkyl halides is 2. The summed E-state index contributed by atoms with van der Waals surface area (Å²) in [6.45, 7) is -2.95. The smallest absolute Gasteiger partial charge is 0.387 e. The normalized spacial score (nSPS) is 16.1. The Balaban J connectivity index is 1.87. The van der Waals surface area contributed by atoms with Gasteiger partial charge in [-0.2, -0.15) is 8.78 Å². The molecular weight excluding hydrogens is 412 g/mol. The molecule has 150 valence electrons. The van der Waals surface area contributed by atoms with Crippen molar-refractivity contribution >= 4 is 33.0 Å². The minimum atomic E-state index is -3.96. The predicted molar refractivity (Wildman–Crippen MR) is 102 cm³/mol. The zero-order chi connectivity index (χ0) is 20.4. The highest BCUT2D eigenvalue weighted by molar-refractivity contribution is 7.93. The number of carbonyl (C=O) groups excluding carboxylic acids is 1. The summed E-state index contributed by atoms with van der Waals surface area (Å²) in [7, 11) is -3.96. The van der Waals surface area contributed by atoms with Crippen LogP contribution in [0, 0.1) is 0 Å². The molecule has 1 N–H and O–H groups in total. The van der Waals surface area contributed by atoms with Gasteiger partial charge in [-0.25, -0.2) is 8.42 Å². The lowest BCUT2D eigenvalue weighted by molar-refractivity contribution is -0.118. The molecule has 1 aliphatic carbocycles. The summed E-state index contributed by atoms with van der Waals surface area (Å²) in [5.74, 6) is -0.695. The van der Waals surface area contributed by atoms with Gasteiger partial charge in [0.2, 0.25) is 5.91 Å². The summed E-state index contributed by atoms with van der Waals surface area (Å²) in [6, 6.07) is 11.0. The highest BCUT2D eigenvalue weighted by Gasteiger charge is 2.52. The van der Waals surface area contributed by atoms with Crippen LogP contribution in [0.2, 0.25) is 5.02 Å². The number of sulfone groups is 1. The number of hydrogen-bond donors (Lipinski definition) is 1. The van der Waals surface area contributed by atoms with Gasteiger partial charge < -0.3 is 10.1 Å². The van der Waals surface area contributed by atoms with Crippen molar-refractivity contribution in [3.8, 4) is 5.75 Å². The maximum Gasteiger partial charge on any atom is 0.387 e. The van der Waals surface area contributed by atoms with E-state index in [0.717, 1.165) is 0 Å². The lowest BCUT2D eigenvalue weighted by Gasteiger charge is -2.27. The van der Waals surface area contributed by atoms with Gasteiger partial charge in [-0.1, -0.05) is 24.4 Å². The van der Waals surface area contributed by atoms with E-state index in [9.17, 15) is 22.0 Å². The Kier molecular flexibility index (Phi) is 5.90. The third-order valence-electron chi connectivity index (χ3n) is 4.80. The van der Waals surface area contributed by atoms with E-state index in [1.165, 1.54) is 48.5 Å². The molecule has 1 amide bonds. The van der Waals surface area contributed by atoms with Crippen LogP contribution in [0.3, 0.4) is 0 Å². The molecule has 9 heteroatoms. The van der Waals surface area contributed by atoms with E-state index < -0.39 is 27.1 Å². The lowest BCUT2D eigenvalue weighted by Crippen LogP contribution is -2.47. The van der Waals surface area contributed by atoms with Crippen molar-refractivity contribution in [2.45, 2.75) is 41.9 Å². The fourth-order valence-electron chi connectivity index (χ4n) is 3.37. The maximum atomic E-state index is 13.3. The molecule has 0 radical (unpaired) electrons. The van der Waals surface area contributed by atoms with E-state index >= 15 is 0 Å². The van der Waals surface area contributed by atoms with Crippen LogP contribution in [-0.4, -0.2) is 25.7 Å². The number of amides is 1. The van der Waals surface area contributed by atoms with E-state index in [1.807, 2.05) is 0 Å². The van der Waals surface area contributed by atoms with Gasteiger partial charge in [-0.15, -0.1) is 0 Å². The van der Waals surface area contributed by atoms with Crippen molar-refractivity contribution in [1.29, 1.82) is 0 Å². The molecule has 0 heterocycles. The van der Waals surface area contributed by atoms with Crippen molar-refractivity contribution in [1.82, 2.24) is 0 Å². The first-order valence-electron chi connectivity index (χ1n) is 8.61. The number of halogens is 3.